The Morgan fingerprint density at radius 2 is 2.38 bits per heavy atom. The van der Waals surface area contributed by atoms with Crippen LogP contribution >= 0.6 is 15.9 Å². The van der Waals surface area contributed by atoms with E-state index in [0.29, 0.717) is 0 Å². The van der Waals surface area contributed by atoms with E-state index in [0.717, 1.165) is 22.6 Å². The Hall–Kier alpha value is -0.280. The normalized spacial score (nSPS) is 19.8. The van der Waals surface area contributed by atoms with Crippen LogP contribution in [0.4, 0.5) is 0 Å². The third-order valence-electron chi connectivity index (χ3n) is 2.86. The molecule has 0 aliphatic heterocycles. The maximum Gasteiger partial charge on any atom is 0.173 e. The standard InChI is InChI=1S/C10H14BrNO/c11-10-8(4-5-13-10)9(12)6-7-2-1-3-7/h4-5,7,9H,1-3,6,12H2. The summed E-state index contributed by atoms with van der Waals surface area (Å²) < 4.78 is 5.95. The summed E-state index contributed by atoms with van der Waals surface area (Å²) in [5.41, 5.74) is 7.16. The fourth-order valence-electron chi connectivity index (χ4n) is 1.78. The highest BCUT2D eigenvalue weighted by Gasteiger charge is 2.22. The van der Waals surface area contributed by atoms with Gasteiger partial charge in [0.1, 0.15) is 0 Å². The maximum atomic E-state index is 6.06. The first kappa shape index (κ1) is 9.28. The predicted molar refractivity (Wildman–Crippen MR) is 55.3 cm³/mol. The van der Waals surface area contributed by atoms with Gasteiger partial charge >= 0.3 is 0 Å². The summed E-state index contributed by atoms with van der Waals surface area (Å²) in [5, 5.41) is 0. The highest BCUT2D eigenvalue weighted by atomic mass is 79.9. The van der Waals surface area contributed by atoms with Crippen molar-refractivity contribution in [1.29, 1.82) is 0 Å². The second kappa shape index (κ2) is 3.84. The van der Waals surface area contributed by atoms with Crippen molar-refractivity contribution < 1.29 is 4.42 Å². The number of hydrogen-bond acceptors (Lipinski definition) is 2. The van der Waals surface area contributed by atoms with E-state index in [2.05, 4.69) is 15.9 Å². The van der Waals surface area contributed by atoms with Gasteiger partial charge in [0.15, 0.2) is 4.67 Å². The van der Waals surface area contributed by atoms with Gasteiger partial charge < -0.3 is 10.2 Å². The van der Waals surface area contributed by atoms with Gasteiger partial charge in [-0.15, -0.1) is 0 Å². The Morgan fingerprint density at radius 1 is 1.62 bits per heavy atom. The quantitative estimate of drug-likeness (QED) is 0.886. The van der Waals surface area contributed by atoms with Crippen molar-refractivity contribution in [3.63, 3.8) is 0 Å². The number of halogens is 1. The summed E-state index contributed by atoms with van der Waals surface area (Å²) in [6.45, 7) is 0. The van der Waals surface area contributed by atoms with E-state index in [-0.39, 0.29) is 6.04 Å². The summed E-state index contributed by atoms with van der Waals surface area (Å²) >= 11 is 3.35. The molecule has 1 aliphatic rings. The molecule has 1 aliphatic carbocycles. The molecular formula is C10H14BrNO. The first-order chi connectivity index (χ1) is 6.27. The average Bonchev–Trinajstić information content (AvgIpc) is 2.43. The molecule has 0 bridgehead atoms. The molecule has 0 aromatic carbocycles. The summed E-state index contributed by atoms with van der Waals surface area (Å²) in [4.78, 5) is 0. The van der Waals surface area contributed by atoms with E-state index in [4.69, 9.17) is 10.2 Å². The second-order valence-corrected chi connectivity index (χ2v) is 4.51. The van der Waals surface area contributed by atoms with E-state index >= 15 is 0 Å². The van der Waals surface area contributed by atoms with Crippen LogP contribution < -0.4 is 5.73 Å². The van der Waals surface area contributed by atoms with Crippen LogP contribution in [0.1, 0.15) is 37.3 Å². The third-order valence-corrected chi connectivity index (χ3v) is 3.50. The van der Waals surface area contributed by atoms with E-state index in [1.54, 1.807) is 6.26 Å². The van der Waals surface area contributed by atoms with E-state index < -0.39 is 0 Å². The maximum absolute atomic E-state index is 6.06. The van der Waals surface area contributed by atoms with Crippen molar-refractivity contribution in [3.05, 3.63) is 22.6 Å². The van der Waals surface area contributed by atoms with Crippen molar-refractivity contribution in [3.8, 4) is 0 Å². The zero-order valence-electron chi connectivity index (χ0n) is 7.50. The zero-order valence-corrected chi connectivity index (χ0v) is 9.09. The van der Waals surface area contributed by atoms with Gasteiger partial charge in [0.25, 0.3) is 0 Å². The van der Waals surface area contributed by atoms with Crippen molar-refractivity contribution in [2.75, 3.05) is 0 Å². The predicted octanol–water partition coefficient (Wildman–Crippen LogP) is 3.23. The van der Waals surface area contributed by atoms with Crippen LogP contribution in [-0.4, -0.2) is 0 Å². The Morgan fingerprint density at radius 3 is 2.85 bits per heavy atom. The van der Waals surface area contributed by atoms with Crippen LogP contribution in [0.15, 0.2) is 21.4 Å². The lowest BCUT2D eigenvalue weighted by Gasteiger charge is -2.27. The molecule has 13 heavy (non-hydrogen) atoms. The summed E-state index contributed by atoms with van der Waals surface area (Å²) in [6, 6.07) is 2.09. The molecule has 2 nitrogen and oxygen atoms in total. The minimum atomic E-state index is 0.137. The van der Waals surface area contributed by atoms with E-state index in [1.165, 1.54) is 19.3 Å². The molecule has 1 aromatic rings. The van der Waals surface area contributed by atoms with Crippen molar-refractivity contribution in [1.82, 2.24) is 0 Å². The lowest BCUT2D eigenvalue weighted by Crippen LogP contribution is -2.19. The Balaban J connectivity index is 1.96. The monoisotopic (exact) mass is 243 g/mol. The smallest absolute Gasteiger partial charge is 0.173 e. The Kier molecular flexibility index (Phi) is 2.74. The topological polar surface area (TPSA) is 39.2 Å². The minimum Gasteiger partial charge on any atom is -0.457 e. The Bertz CT molecular complexity index is 280. The first-order valence-electron chi connectivity index (χ1n) is 4.76. The van der Waals surface area contributed by atoms with Gasteiger partial charge in [0, 0.05) is 11.6 Å². The molecule has 2 rings (SSSR count). The van der Waals surface area contributed by atoms with Crippen molar-refractivity contribution >= 4 is 15.9 Å². The van der Waals surface area contributed by atoms with Crippen LogP contribution in [0.5, 0.6) is 0 Å². The molecule has 3 heteroatoms. The SMILES string of the molecule is NC(CC1CCC1)c1ccoc1Br. The summed E-state index contributed by atoms with van der Waals surface area (Å²) in [5.74, 6) is 0.844. The van der Waals surface area contributed by atoms with Gasteiger partial charge in [-0.05, 0) is 34.3 Å². The molecule has 72 valence electrons. The third kappa shape index (κ3) is 1.97. The van der Waals surface area contributed by atoms with Crippen LogP contribution in [-0.2, 0) is 0 Å². The van der Waals surface area contributed by atoms with Gasteiger partial charge in [0.2, 0.25) is 0 Å². The number of hydrogen-bond donors (Lipinski definition) is 1. The van der Waals surface area contributed by atoms with Gasteiger partial charge in [-0.3, -0.25) is 0 Å². The molecule has 1 aromatic heterocycles. The molecule has 0 saturated heterocycles. The molecule has 1 unspecified atom stereocenters. The zero-order chi connectivity index (χ0) is 9.26. The Labute approximate surface area is 86.6 Å². The fraction of sp³-hybridized carbons (Fsp3) is 0.600. The van der Waals surface area contributed by atoms with E-state index in [9.17, 15) is 0 Å². The largest absolute Gasteiger partial charge is 0.457 e. The van der Waals surface area contributed by atoms with Gasteiger partial charge in [-0.2, -0.15) is 0 Å². The molecule has 0 radical (unpaired) electrons. The first-order valence-corrected chi connectivity index (χ1v) is 5.55. The summed E-state index contributed by atoms with van der Waals surface area (Å²) in [7, 11) is 0. The lowest BCUT2D eigenvalue weighted by atomic mass is 9.80. The highest BCUT2D eigenvalue weighted by molar-refractivity contribution is 9.10. The lowest BCUT2D eigenvalue weighted by molar-refractivity contribution is 0.276. The van der Waals surface area contributed by atoms with Crippen LogP contribution in [0.2, 0.25) is 0 Å². The molecule has 0 amide bonds. The van der Waals surface area contributed by atoms with E-state index in [1.807, 2.05) is 6.07 Å². The van der Waals surface area contributed by atoms with Gasteiger partial charge in [-0.25, -0.2) is 0 Å². The van der Waals surface area contributed by atoms with Gasteiger partial charge in [-0.1, -0.05) is 19.3 Å². The molecule has 1 saturated carbocycles. The number of rotatable bonds is 3. The van der Waals surface area contributed by atoms with Crippen LogP contribution in [0, 0.1) is 5.92 Å². The molecule has 2 N–H and O–H groups in total. The molecule has 1 heterocycles. The molecule has 1 fully saturated rings. The fourth-order valence-corrected chi connectivity index (χ4v) is 2.32. The number of nitrogens with two attached hydrogens (primary N) is 1. The average molecular weight is 244 g/mol. The van der Waals surface area contributed by atoms with Crippen LogP contribution in [0.25, 0.3) is 0 Å². The van der Waals surface area contributed by atoms with Gasteiger partial charge in [0.05, 0.1) is 6.26 Å². The molecular weight excluding hydrogens is 230 g/mol. The molecule has 1 atom stereocenters. The number of furan rings is 1. The highest BCUT2D eigenvalue weighted by Crippen LogP contribution is 2.35. The molecule has 0 spiro atoms. The van der Waals surface area contributed by atoms with Crippen LogP contribution in [0.3, 0.4) is 0 Å². The summed E-state index contributed by atoms with van der Waals surface area (Å²) in [6.07, 6.45) is 6.86. The van der Waals surface area contributed by atoms with Crippen molar-refractivity contribution in [2.24, 2.45) is 11.7 Å². The second-order valence-electron chi connectivity index (χ2n) is 3.79. The minimum absolute atomic E-state index is 0.137. The van der Waals surface area contributed by atoms with Crippen molar-refractivity contribution in [2.45, 2.75) is 31.7 Å².